The number of ether oxygens (including phenoxy) is 2. The Kier molecular flexibility index (Phi) is 11.5. The lowest BCUT2D eigenvalue weighted by Gasteiger charge is -2.39. The minimum Gasteiger partial charge on any atom is -0.613 e. The molecule has 0 spiro atoms. The van der Waals surface area contributed by atoms with Crippen LogP contribution < -0.4 is 5.32 Å². The van der Waals surface area contributed by atoms with Crippen molar-refractivity contribution in [2.75, 3.05) is 12.5 Å². The average Bonchev–Trinajstić information content (AvgIpc) is 2.55. The van der Waals surface area contributed by atoms with Crippen LogP contribution in [-0.2, 0) is 41.4 Å². The Morgan fingerprint density at radius 2 is 1.47 bits per heavy atom. The first kappa shape index (κ1) is 30.5. The molecule has 0 aromatic heterocycles. The number of carbonyl (C=O) groups is 3. The maximum Gasteiger partial charge on any atom is 0.419 e. The molecule has 4 atom stereocenters. The summed E-state index contributed by atoms with van der Waals surface area (Å²) in [6.45, 7) is 11.1. The van der Waals surface area contributed by atoms with Crippen LogP contribution in [0.15, 0.2) is 0 Å². The van der Waals surface area contributed by atoms with Crippen LogP contribution in [0.3, 0.4) is 0 Å². The molecule has 0 fully saturated rings. The van der Waals surface area contributed by atoms with Gasteiger partial charge in [-0.1, -0.05) is 6.92 Å². The van der Waals surface area contributed by atoms with Crippen molar-refractivity contribution in [1.29, 1.82) is 0 Å². The van der Waals surface area contributed by atoms with E-state index in [4.69, 9.17) is 9.47 Å². The van der Waals surface area contributed by atoms with E-state index in [2.05, 4.69) is 5.32 Å². The zero-order valence-corrected chi connectivity index (χ0v) is 21.9. The standard InChI is InChI=1S/C20H35N2O8S2/c1-10-11-14(24)22(17(26)30-19(5,6)7)20(13-23,12-15(31(8)27)32(9)28)21-16(25)29-18(2,3)4/h15H,10-12H2,1-9H3,(H,21,25)/t15?,20-,31-,32?/m0/s1. The van der Waals surface area contributed by atoms with Crippen LogP contribution in [0.1, 0.15) is 67.7 Å². The Labute approximate surface area is 196 Å². The van der Waals surface area contributed by atoms with Crippen LogP contribution in [0.5, 0.6) is 0 Å². The molecule has 1 radical (unpaired) electrons. The molecule has 0 aliphatic carbocycles. The van der Waals surface area contributed by atoms with E-state index < -0.39 is 68.3 Å². The summed E-state index contributed by atoms with van der Waals surface area (Å²) in [5.41, 5.74) is -4.47. The zero-order chi connectivity index (χ0) is 25.5. The predicted octanol–water partition coefficient (Wildman–Crippen LogP) is 2.35. The second-order valence-corrected chi connectivity index (χ2v) is 12.6. The Morgan fingerprint density at radius 3 is 1.81 bits per heavy atom. The smallest absolute Gasteiger partial charge is 0.419 e. The van der Waals surface area contributed by atoms with E-state index in [0.29, 0.717) is 11.3 Å². The Morgan fingerprint density at radius 1 is 1.00 bits per heavy atom. The van der Waals surface area contributed by atoms with Gasteiger partial charge in [0.2, 0.25) is 17.9 Å². The van der Waals surface area contributed by atoms with E-state index in [-0.39, 0.29) is 6.42 Å². The van der Waals surface area contributed by atoms with E-state index in [0.717, 1.165) is 0 Å². The first-order valence-corrected chi connectivity index (χ1v) is 13.2. The lowest BCUT2D eigenvalue weighted by atomic mass is 10.1. The number of alkyl carbamates (subject to hydrolysis) is 1. The second kappa shape index (κ2) is 12.1. The van der Waals surface area contributed by atoms with Gasteiger partial charge >= 0.3 is 12.2 Å². The zero-order valence-electron chi connectivity index (χ0n) is 20.2. The Bertz CT molecular complexity index is 665. The van der Waals surface area contributed by atoms with Gasteiger partial charge in [-0.3, -0.25) is 14.9 Å². The van der Waals surface area contributed by atoms with E-state index in [1.165, 1.54) is 12.5 Å². The third-order valence-corrected chi connectivity index (χ3v) is 7.19. The third-order valence-electron chi connectivity index (χ3n) is 3.75. The first-order valence-electron chi connectivity index (χ1n) is 10.00. The second-order valence-electron chi connectivity index (χ2n) is 9.18. The van der Waals surface area contributed by atoms with Crippen LogP contribution in [-0.4, -0.2) is 72.3 Å². The molecule has 1 N–H and O–H groups in total. The topological polar surface area (TPSA) is 148 Å². The Hall–Kier alpha value is -1.50. The molecule has 0 saturated heterocycles. The summed E-state index contributed by atoms with van der Waals surface area (Å²) in [5, 5.41) is 2.23. The van der Waals surface area contributed by atoms with E-state index >= 15 is 0 Å². The average molecular weight is 496 g/mol. The number of amides is 3. The molecule has 185 valence electrons. The van der Waals surface area contributed by atoms with Gasteiger partial charge in [0.05, 0.1) is 18.9 Å². The van der Waals surface area contributed by atoms with Gasteiger partial charge in [-0.05, 0) is 70.3 Å². The van der Waals surface area contributed by atoms with E-state index in [1.54, 1.807) is 54.8 Å². The molecular formula is C20H35N2O8S2. The predicted molar refractivity (Wildman–Crippen MR) is 122 cm³/mol. The molecule has 0 heterocycles. The van der Waals surface area contributed by atoms with Gasteiger partial charge < -0.3 is 18.6 Å². The maximum atomic E-state index is 13.0. The highest BCUT2D eigenvalue weighted by Crippen LogP contribution is 2.27. The van der Waals surface area contributed by atoms with Crippen molar-refractivity contribution in [2.45, 2.75) is 89.2 Å². The summed E-state index contributed by atoms with van der Waals surface area (Å²) in [5.74, 6) is -0.830. The quantitative estimate of drug-likeness (QED) is 0.378. The van der Waals surface area contributed by atoms with Crippen LogP contribution in [0.4, 0.5) is 9.59 Å². The number of hydrogen-bond donors (Lipinski definition) is 1. The van der Waals surface area contributed by atoms with Gasteiger partial charge in [0.25, 0.3) is 4.58 Å². The van der Waals surface area contributed by atoms with Crippen molar-refractivity contribution in [2.24, 2.45) is 0 Å². The number of nitrogens with one attached hydrogen (secondary N) is 1. The molecule has 0 aliphatic rings. The number of imide groups is 1. The third kappa shape index (κ3) is 9.97. The number of rotatable bonds is 9. The van der Waals surface area contributed by atoms with E-state index in [1.807, 2.05) is 0 Å². The summed E-state index contributed by atoms with van der Waals surface area (Å²) in [4.78, 5) is 51.4. The highest BCUT2D eigenvalue weighted by molar-refractivity contribution is 8.08. The van der Waals surface area contributed by atoms with Gasteiger partial charge in [-0.2, -0.15) is 0 Å². The van der Waals surface area contributed by atoms with Crippen LogP contribution in [0, 0.1) is 0 Å². The van der Waals surface area contributed by atoms with Crippen molar-refractivity contribution < 1.29 is 37.8 Å². The highest BCUT2D eigenvalue weighted by atomic mass is 32.3. The van der Waals surface area contributed by atoms with Crippen LogP contribution >= 0.6 is 0 Å². The highest BCUT2D eigenvalue weighted by Gasteiger charge is 2.53. The van der Waals surface area contributed by atoms with Crippen molar-refractivity contribution in [3.05, 3.63) is 0 Å². The van der Waals surface area contributed by atoms with Gasteiger partial charge in [0, 0.05) is 6.42 Å². The van der Waals surface area contributed by atoms with Gasteiger partial charge in [-0.25, -0.2) is 14.5 Å². The molecule has 2 unspecified atom stereocenters. The number of carbonyl (C=O) groups excluding carboxylic acids is 4. The first-order chi connectivity index (χ1) is 14.4. The summed E-state index contributed by atoms with van der Waals surface area (Å²) >= 11 is -3.48. The van der Waals surface area contributed by atoms with Crippen LogP contribution in [0.25, 0.3) is 0 Å². The molecule has 0 aliphatic heterocycles. The molecule has 12 heteroatoms. The fourth-order valence-corrected chi connectivity index (χ4v) is 5.03. The summed E-state index contributed by atoms with van der Waals surface area (Å²) in [6, 6.07) is 0. The van der Waals surface area contributed by atoms with Crippen molar-refractivity contribution in [3.8, 4) is 0 Å². The molecular weight excluding hydrogens is 460 g/mol. The van der Waals surface area contributed by atoms with Gasteiger partial charge in [0.15, 0.2) is 0 Å². The van der Waals surface area contributed by atoms with E-state index in [9.17, 15) is 28.3 Å². The molecule has 32 heavy (non-hydrogen) atoms. The normalized spacial score (nSPS) is 16.7. The molecule has 0 aromatic rings. The Balaban J connectivity index is 6.65. The fourth-order valence-electron chi connectivity index (χ4n) is 2.55. The molecule has 0 aromatic carbocycles. The van der Waals surface area contributed by atoms with Crippen molar-refractivity contribution in [1.82, 2.24) is 10.2 Å². The minimum atomic E-state index is -2.46. The summed E-state index contributed by atoms with van der Waals surface area (Å²) < 4.78 is 33.8. The molecule has 10 nitrogen and oxygen atoms in total. The van der Waals surface area contributed by atoms with Crippen LogP contribution in [0.2, 0.25) is 0 Å². The summed E-state index contributed by atoms with van der Waals surface area (Å²) in [7, 11) is 0. The largest absolute Gasteiger partial charge is 0.613 e. The summed E-state index contributed by atoms with van der Waals surface area (Å²) in [6.07, 6.45) is 1.30. The SMILES string of the molecule is CCCC(=O)N(C(=O)OC(C)(C)C)[C@]([C]=O)(CC([S+](C)[O-])[S@+](C)[O-])NC(=O)OC(C)(C)C. The van der Waals surface area contributed by atoms with Gasteiger partial charge in [-0.15, -0.1) is 0 Å². The monoisotopic (exact) mass is 495 g/mol. The lowest BCUT2D eigenvalue weighted by Crippen LogP contribution is -2.68. The molecule has 0 saturated carbocycles. The van der Waals surface area contributed by atoms with Crippen molar-refractivity contribution >= 4 is 46.7 Å². The molecule has 0 rings (SSSR count). The minimum absolute atomic E-state index is 0.159. The molecule has 3 amide bonds. The maximum absolute atomic E-state index is 13.0. The lowest BCUT2D eigenvalue weighted by molar-refractivity contribution is -0.135. The number of nitrogens with zero attached hydrogens (tertiary/aromatic N) is 1. The number of hydrogen-bond acceptors (Lipinski definition) is 8. The molecule has 0 bridgehead atoms. The van der Waals surface area contributed by atoms with Crippen molar-refractivity contribution in [3.63, 3.8) is 0 Å². The fraction of sp³-hybridized carbons (Fsp3) is 0.800. The van der Waals surface area contributed by atoms with Gasteiger partial charge in [0.1, 0.15) is 11.2 Å².